The first-order valence-electron chi connectivity index (χ1n) is 9.91. The largest absolute Gasteiger partial charge is 0.491 e. The summed E-state index contributed by atoms with van der Waals surface area (Å²) in [6, 6.07) is 2.34. The highest BCUT2D eigenvalue weighted by atomic mass is 32.2. The minimum Gasteiger partial charge on any atom is -0.491 e. The van der Waals surface area contributed by atoms with Crippen LogP contribution in [0.15, 0.2) is 35.5 Å². The van der Waals surface area contributed by atoms with Crippen molar-refractivity contribution in [2.75, 3.05) is 38.0 Å². The quantitative estimate of drug-likeness (QED) is 0.536. The predicted molar refractivity (Wildman–Crippen MR) is 114 cm³/mol. The van der Waals surface area contributed by atoms with E-state index in [0.717, 1.165) is 44.5 Å². The number of halogens is 5. The Balaban J connectivity index is 2.05. The third kappa shape index (κ3) is 4.88. The van der Waals surface area contributed by atoms with Crippen molar-refractivity contribution in [3.63, 3.8) is 0 Å². The molecule has 9 nitrogen and oxygen atoms in total. The minimum absolute atomic E-state index is 0.0713. The highest BCUT2D eigenvalue weighted by Crippen LogP contribution is 2.47. The zero-order valence-corrected chi connectivity index (χ0v) is 19.4. The van der Waals surface area contributed by atoms with Crippen LogP contribution in [-0.4, -0.2) is 64.9 Å². The Morgan fingerprint density at radius 1 is 1.23 bits per heavy atom. The molecule has 1 saturated heterocycles. The summed E-state index contributed by atoms with van der Waals surface area (Å²) in [4.78, 5) is 17.7. The molecule has 2 aromatic rings. The fraction of sp³-hybridized carbons (Fsp3) is 0.400. The van der Waals surface area contributed by atoms with Crippen LogP contribution in [0, 0.1) is 11.6 Å². The number of methoxy groups -OCH3 is 2. The fourth-order valence-corrected chi connectivity index (χ4v) is 4.43. The average molecular weight is 524 g/mol. The number of carbonyl (C=O) groups is 1. The molecule has 1 aliphatic rings. The maximum Gasteiger partial charge on any atom is 0.419 e. The molecule has 0 bridgehead atoms. The molecule has 2 unspecified atom stereocenters. The summed E-state index contributed by atoms with van der Waals surface area (Å²) in [5.41, 5.74) is -3.19. The first-order valence-corrected chi connectivity index (χ1v) is 11.4. The van der Waals surface area contributed by atoms with E-state index < -0.39 is 69.1 Å². The molecule has 192 valence electrons. The lowest BCUT2D eigenvalue weighted by atomic mass is 9.99. The second kappa shape index (κ2) is 9.54. The molecule has 1 fully saturated rings. The normalized spacial score (nSPS) is 20.7. The van der Waals surface area contributed by atoms with E-state index >= 15 is 0 Å². The highest BCUT2D eigenvalue weighted by Gasteiger charge is 2.63. The molecule has 2 atom stereocenters. The number of carbonyl (C=O) groups excluding carboxylic acids is 1. The molecule has 0 saturated carbocycles. The Kier molecular flexibility index (Phi) is 7.24. The van der Waals surface area contributed by atoms with Crippen LogP contribution in [0.5, 0.6) is 5.75 Å². The summed E-state index contributed by atoms with van der Waals surface area (Å²) >= 11 is 0. The van der Waals surface area contributed by atoms with Crippen LogP contribution < -0.4 is 19.7 Å². The van der Waals surface area contributed by atoms with Crippen molar-refractivity contribution in [1.82, 2.24) is 9.71 Å². The molecule has 35 heavy (non-hydrogen) atoms. The lowest BCUT2D eigenvalue weighted by molar-refractivity contribution is -0.261. The van der Waals surface area contributed by atoms with Crippen LogP contribution in [-0.2, 0) is 19.6 Å². The van der Waals surface area contributed by atoms with Gasteiger partial charge in [-0.1, -0.05) is 0 Å². The zero-order chi connectivity index (χ0) is 26.2. The molecule has 15 heteroatoms. The number of nitrogens with one attached hydrogen (secondary N) is 2. The van der Waals surface area contributed by atoms with Crippen LogP contribution in [0.25, 0.3) is 0 Å². The second-order valence-electron chi connectivity index (χ2n) is 7.54. The number of hydrogen-bond donors (Lipinski definition) is 2. The Morgan fingerprint density at radius 3 is 2.49 bits per heavy atom. The van der Waals surface area contributed by atoms with Gasteiger partial charge in [-0.05, 0) is 25.2 Å². The van der Waals surface area contributed by atoms with Crippen LogP contribution in [0.4, 0.5) is 33.3 Å². The third-order valence-electron chi connectivity index (χ3n) is 5.62. The van der Waals surface area contributed by atoms with Gasteiger partial charge in [0.15, 0.2) is 22.2 Å². The van der Waals surface area contributed by atoms with E-state index in [1.54, 1.807) is 0 Å². The number of nitrogens with zero attached hydrogens (tertiary/aromatic N) is 2. The van der Waals surface area contributed by atoms with Crippen molar-refractivity contribution in [2.24, 2.45) is 0 Å². The first-order chi connectivity index (χ1) is 16.3. The SMILES string of the molecule is CNS(=O)(=O)c1cc(NC(=O)C2CC(OC)(C(F)(F)F)CN2c2ccc(F)c(F)c2OC)ccn1. The van der Waals surface area contributed by atoms with E-state index in [0.29, 0.717) is 6.07 Å². The molecule has 2 heterocycles. The van der Waals surface area contributed by atoms with E-state index in [4.69, 9.17) is 9.47 Å². The van der Waals surface area contributed by atoms with Crippen LogP contribution >= 0.6 is 0 Å². The number of amides is 1. The van der Waals surface area contributed by atoms with Crippen molar-refractivity contribution >= 4 is 27.3 Å². The van der Waals surface area contributed by atoms with Gasteiger partial charge in [-0.15, -0.1) is 0 Å². The van der Waals surface area contributed by atoms with E-state index in [1.165, 1.54) is 6.07 Å². The molecule has 0 aliphatic carbocycles. The fourth-order valence-electron chi connectivity index (χ4n) is 3.74. The molecule has 1 aromatic heterocycles. The van der Waals surface area contributed by atoms with Crippen molar-refractivity contribution in [1.29, 1.82) is 0 Å². The maximum atomic E-state index is 14.3. The smallest absolute Gasteiger partial charge is 0.419 e. The van der Waals surface area contributed by atoms with Gasteiger partial charge in [0, 0.05) is 31.5 Å². The topological polar surface area (TPSA) is 110 Å². The van der Waals surface area contributed by atoms with E-state index in [2.05, 4.69) is 10.3 Å². The van der Waals surface area contributed by atoms with Gasteiger partial charge in [0.2, 0.25) is 11.7 Å². The summed E-state index contributed by atoms with van der Waals surface area (Å²) in [5, 5.41) is 1.91. The minimum atomic E-state index is -4.93. The molecule has 0 spiro atoms. The van der Waals surface area contributed by atoms with E-state index in [-0.39, 0.29) is 11.4 Å². The third-order valence-corrected chi connectivity index (χ3v) is 6.94. The summed E-state index contributed by atoms with van der Waals surface area (Å²) in [6.45, 7) is -0.928. The summed E-state index contributed by atoms with van der Waals surface area (Å²) in [6.07, 6.45) is -4.74. The van der Waals surface area contributed by atoms with Crippen molar-refractivity contribution < 1.29 is 44.6 Å². The number of pyridine rings is 1. The monoisotopic (exact) mass is 524 g/mol. The number of sulfonamides is 1. The lowest BCUT2D eigenvalue weighted by Gasteiger charge is -2.31. The predicted octanol–water partition coefficient (Wildman–Crippen LogP) is 2.44. The summed E-state index contributed by atoms with van der Waals surface area (Å²) in [5.74, 6) is -4.42. The number of alkyl halides is 3. The number of anilines is 2. The average Bonchev–Trinajstić information content (AvgIpc) is 3.22. The molecule has 2 N–H and O–H groups in total. The van der Waals surface area contributed by atoms with Gasteiger partial charge in [-0.3, -0.25) is 4.79 Å². The van der Waals surface area contributed by atoms with E-state index in [1.807, 2.05) is 4.72 Å². The number of hydrogen-bond acceptors (Lipinski definition) is 7. The van der Waals surface area contributed by atoms with Crippen LogP contribution in [0.3, 0.4) is 0 Å². The number of aromatic nitrogens is 1. The standard InChI is InChI=1S/C20H21F5N4O5S/c1-26-35(31,32)15-8-11(6-7-27-15)28-18(30)14-9-19(34-3,20(23,24)25)10-29(14)13-5-4-12(21)16(22)17(13)33-2/h4-8,14,26H,9-10H2,1-3H3,(H,27,28,30). The molecule has 1 aliphatic heterocycles. The molecule has 1 amide bonds. The molecular formula is C20H21F5N4O5S. The zero-order valence-electron chi connectivity index (χ0n) is 18.6. The molecule has 1 aromatic carbocycles. The summed E-state index contributed by atoms with van der Waals surface area (Å²) in [7, 11) is -1.00. The van der Waals surface area contributed by atoms with Gasteiger partial charge < -0.3 is 19.7 Å². The summed E-state index contributed by atoms with van der Waals surface area (Å²) < 4.78 is 106. The van der Waals surface area contributed by atoms with Gasteiger partial charge in [-0.25, -0.2) is 22.5 Å². The Morgan fingerprint density at radius 2 is 1.91 bits per heavy atom. The molecule has 3 rings (SSSR count). The van der Waals surface area contributed by atoms with Gasteiger partial charge in [-0.2, -0.15) is 17.6 Å². The maximum absolute atomic E-state index is 14.3. The Labute approximate surface area is 197 Å². The highest BCUT2D eigenvalue weighted by molar-refractivity contribution is 7.89. The van der Waals surface area contributed by atoms with Gasteiger partial charge in [0.05, 0.1) is 19.3 Å². The van der Waals surface area contributed by atoms with Crippen LogP contribution in [0.2, 0.25) is 0 Å². The second-order valence-corrected chi connectivity index (χ2v) is 9.37. The van der Waals surface area contributed by atoms with Gasteiger partial charge in [0.1, 0.15) is 6.04 Å². The van der Waals surface area contributed by atoms with Gasteiger partial charge in [0.25, 0.3) is 10.0 Å². The Bertz CT molecular complexity index is 1230. The van der Waals surface area contributed by atoms with Crippen molar-refractivity contribution in [3.8, 4) is 5.75 Å². The number of benzene rings is 1. The molecular weight excluding hydrogens is 503 g/mol. The van der Waals surface area contributed by atoms with Gasteiger partial charge >= 0.3 is 6.18 Å². The Hall–Kier alpha value is -3.04. The van der Waals surface area contributed by atoms with E-state index in [9.17, 15) is 35.2 Å². The number of rotatable bonds is 7. The first kappa shape index (κ1) is 26.6. The molecule has 0 radical (unpaired) electrons. The number of ether oxygens (including phenoxy) is 2. The van der Waals surface area contributed by atoms with Crippen molar-refractivity contribution in [2.45, 2.75) is 29.3 Å². The van der Waals surface area contributed by atoms with Crippen LogP contribution in [0.1, 0.15) is 6.42 Å². The van der Waals surface area contributed by atoms with Crippen molar-refractivity contribution in [3.05, 3.63) is 42.1 Å². The lowest BCUT2D eigenvalue weighted by Crippen LogP contribution is -2.49.